The molecule has 0 spiro atoms. The number of piperidine rings is 1. The third-order valence-electron chi connectivity index (χ3n) is 5.16. The average Bonchev–Trinajstić information content (AvgIpc) is 3.25. The largest absolute Gasteiger partial charge is 0.489 e. The molecule has 3 heterocycles. The Kier molecular flexibility index (Phi) is 6.29. The van der Waals surface area contributed by atoms with Gasteiger partial charge < -0.3 is 10.5 Å². The lowest BCUT2D eigenvalue weighted by Gasteiger charge is -2.28. The van der Waals surface area contributed by atoms with Crippen LogP contribution in [0.5, 0.6) is 5.75 Å². The number of pyridine rings is 1. The minimum absolute atomic E-state index is 0.0103. The number of rotatable bonds is 6. The van der Waals surface area contributed by atoms with Crippen molar-refractivity contribution in [3.8, 4) is 16.9 Å². The van der Waals surface area contributed by atoms with E-state index in [9.17, 15) is 4.39 Å². The molecule has 158 valence electrons. The van der Waals surface area contributed by atoms with Gasteiger partial charge in [0.1, 0.15) is 5.82 Å². The molecule has 0 aliphatic carbocycles. The lowest BCUT2D eigenvalue weighted by atomic mass is 10.1. The highest BCUT2D eigenvalue weighted by Gasteiger charge is 2.14. The predicted molar refractivity (Wildman–Crippen MR) is 117 cm³/mol. The molecule has 9 heteroatoms. The molecule has 4 rings (SSSR count). The molecule has 0 radical (unpaired) electrons. The van der Waals surface area contributed by atoms with E-state index < -0.39 is 5.82 Å². The molecule has 0 amide bonds. The average molecular weight is 450 g/mol. The summed E-state index contributed by atoms with van der Waals surface area (Å²) in [5, 5.41) is 7.11. The van der Waals surface area contributed by atoms with Gasteiger partial charge in [0.15, 0.2) is 11.6 Å². The van der Waals surface area contributed by atoms with Gasteiger partial charge in [-0.1, -0.05) is 23.2 Å². The molecule has 30 heavy (non-hydrogen) atoms. The zero-order chi connectivity index (χ0) is 21.1. The predicted octanol–water partition coefficient (Wildman–Crippen LogP) is 4.72. The van der Waals surface area contributed by atoms with E-state index in [1.54, 1.807) is 12.4 Å². The van der Waals surface area contributed by atoms with Gasteiger partial charge in [0.2, 0.25) is 0 Å². The summed E-state index contributed by atoms with van der Waals surface area (Å²) in [6.45, 7) is 2.23. The van der Waals surface area contributed by atoms with Crippen LogP contribution < -0.4 is 15.5 Å². The topological polar surface area (TPSA) is 69.2 Å². The van der Waals surface area contributed by atoms with Crippen LogP contribution in [0.3, 0.4) is 0 Å². The first-order chi connectivity index (χ1) is 14.5. The molecule has 2 aromatic heterocycles. The Morgan fingerprint density at radius 3 is 2.70 bits per heavy atom. The van der Waals surface area contributed by atoms with E-state index in [4.69, 9.17) is 33.7 Å². The number of hydrogen-bond donors (Lipinski definition) is 1. The van der Waals surface area contributed by atoms with E-state index >= 15 is 0 Å². The van der Waals surface area contributed by atoms with Crippen LogP contribution in [0.1, 0.15) is 24.8 Å². The van der Waals surface area contributed by atoms with Crippen LogP contribution >= 0.6 is 23.2 Å². The van der Waals surface area contributed by atoms with E-state index in [-0.39, 0.29) is 17.4 Å². The molecule has 6 nitrogen and oxygen atoms in total. The molecule has 3 aromatic rings. The van der Waals surface area contributed by atoms with Gasteiger partial charge >= 0.3 is 0 Å². The first-order valence-electron chi connectivity index (χ1n) is 9.84. The quantitative estimate of drug-likeness (QED) is 0.551. The fraction of sp³-hybridized carbons (Fsp3) is 0.333. The summed E-state index contributed by atoms with van der Waals surface area (Å²) >= 11 is 12.1. The fourth-order valence-electron chi connectivity index (χ4n) is 3.49. The molecule has 1 saturated heterocycles. The molecule has 1 aromatic carbocycles. The Hall–Kier alpha value is -2.51. The number of halogens is 3. The Balaban J connectivity index is 1.46. The third kappa shape index (κ3) is 4.47. The molecule has 1 aliphatic heterocycles. The molecular formula is C21H22Cl2FN5O. The molecule has 0 bridgehead atoms. The SMILES string of the molecule is Nc1ncc(-c2cnn(N3CCCCC3)c2)cc1OCCc1c(Cl)ccc(F)c1Cl. The molecule has 0 atom stereocenters. The maximum absolute atomic E-state index is 13.7. The summed E-state index contributed by atoms with van der Waals surface area (Å²) < 4.78 is 19.5. The minimum Gasteiger partial charge on any atom is -0.489 e. The molecule has 1 aliphatic rings. The first-order valence-corrected chi connectivity index (χ1v) is 10.6. The van der Waals surface area contributed by atoms with E-state index in [0.717, 1.165) is 24.2 Å². The van der Waals surface area contributed by atoms with Crippen LogP contribution in [0.25, 0.3) is 11.1 Å². The second kappa shape index (κ2) is 9.10. The third-order valence-corrected chi connectivity index (χ3v) is 5.92. The standard InChI is InChI=1S/C21H22Cl2FN5O/c22-17-4-5-18(24)20(23)16(17)6-9-30-19-10-14(11-26-21(19)25)15-12-27-29(13-15)28-7-2-1-3-8-28/h4-5,10-13H,1-3,6-9H2,(H2,25,26). The smallest absolute Gasteiger partial charge is 0.166 e. The Morgan fingerprint density at radius 2 is 1.90 bits per heavy atom. The maximum atomic E-state index is 13.7. The normalized spacial score (nSPS) is 14.2. The van der Waals surface area contributed by atoms with Crippen LogP contribution in [0.15, 0.2) is 36.8 Å². The van der Waals surface area contributed by atoms with Crippen LogP contribution in [0.4, 0.5) is 10.2 Å². The van der Waals surface area contributed by atoms with Gasteiger partial charge in [0, 0.05) is 41.9 Å². The molecule has 1 fully saturated rings. The second-order valence-corrected chi connectivity index (χ2v) is 7.98. The van der Waals surface area contributed by atoms with Crippen molar-refractivity contribution >= 4 is 29.0 Å². The Labute approximate surface area is 184 Å². The summed E-state index contributed by atoms with van der Waals surface area (Å²) in [7, 11) is 0. The van der Waals surface area contributed by atoms with Gasteiger partial charge in [0.05, 0.1) is 24.0 Å². The van der Waals surface area contributed by atoms with Gasteiger partial charge in [-0.25, -0.2) is 9.37 Å². The van der Waals surface area contributed by atoms with E-state index in [0.29, 0.717) is 22.8 Å². The van der Waals surface area contributed by atoms with Crippen LogP contribution in [0.2, 0.25) is 10.0 Å². The first kappa shape index (κ1) is 20.8. The fourth-order valence-corrected chi connectivity index (χ4v) is 4.05. The molecule has 2 N–H and O–H groups in total. The highest BCUT2D eigenvalue weighted by atomic mass is 35.5. The number of anilines is 1. The van der Waals surface area contributed by atoms with Gasteiger partial charge in [0.25, 0.3) is 0 Å². The van der Waals surface area contributed by atoms with Crippen molar-refractivity contribution in [1.82, 2.24) is 14.9 Å². The van der Waals surface area contributed by atoms with Crippen molar-refractivity contribution in [3.05, 3.63) is 58.2 Å². The van der Waals surface area contributed by atoms with Gasteiger partial charge in [-0.15, -0.1) is 0 Å². The summed E-state index contributed by atoms with van der Waals surface area (Å²) in [5.41, 5.74) is 8.26. The van der Waals surface area contributed by atoms with E-state index in [1.807, 2.05) is 17.1 Å². The van der Waals surface area contributed by atoms with Crippen molar-refractivity contribution in [3.63, 3.8) is 0 Å². The highest BCUT2D eigenvalue weighted by molar-refractivity contribution is 6.36. The Morgan fingerprint density at radius 1 is 1.10 bits per heavy atom. The molecule has 0 saturated carbocycles. The van der Waals surface area contributed by atoms with Crippen LogP contribution in [-0.4, -0.2) is 34.6 Å². The number of ether oxygens (including phenoxy) is 1. The number of aromatic nitrogens is 3. The lowest BCUT2D eigenvalue weighted by molar-refractivity contribution is 0.322. The minimum atomic E-state index is -0.509. The van der Waals surface area contributed by atoms with Gasteiger partial charge in [-0.2, -0.15) is 9.89 Å². The van der Waals surface area contributed by atoms with Crippen molar-refractivity contribution in [2.75, 3.05) is 30.4 Å². The Bertz CT molecular complexity index is 1040. The summed E-state index contributed by atoms with van der Waals surface area (Å²) in [4.78, 5) is 6.13. The summed E-state index contributed by atoms with van der Waals surface area (Å²) in [5.74, 6) is 0.213. The number of nitrogens with two attached hydrogens (primary N) is 1. The number of nitrogens with zero attached hydrogens (tertiary/aromatic N) is 4. The lowest BCUT2D eigenvalue weighted by Crippen LogP contribution is -2.39. The van der Waals surface area contributed by atoms with E-state index in [2.05, 4.69) is 15.1 Å². The zero-order valence-corrected chi connectivity index (χ0v) is 17.8. The number of hydrogen-bond acceptors (Lipinski definition) is 5. The molecule has 0 unspecified atom stereocenters. The zero-order valence-electron chi connectivity index (χ0n) is 16.3. The van der Waals surface area contributed by atoms with Crippen molar-refractivity contribution in [2.24, 2.45) is 0 Å². The van der Waals surface area contributed by atoms with Gasteiger partial charge in [-0.3, -0.25) is 5.01 Å². The second-order valence-electron chi connectivity index (χ2n) is 7.19. The van der Waals surface area contributed by atoms with Crippen molar-refractivity contribution in [2.45, 2.75) is 25.7 Å². The summed E-state index contributed by atoms with van der Waals surface area (Å²) in [6.07, 6.45) is 9.43. The molecular weight excluding hydrogens is 428 g/mol. The van der Waals surface area contributed by atoms with Gasteiger partial charge in [-0.05, 0) is 43.0 Å². The monoisotopic (exact) mass is 449 g/mol. The number of nitrogen functional groups attached to an aromatic ring is 1. The maximum Gasteiger partial charge on any atom is 0.166 e. The summed E-state index contributed by atoms with van der Waals surface area (Å²) in [6, 6.07) is 4.55. The van der Waals surface area contributed by atoms with Crippen LogP contribution in [-0.2, 0) is 6.42 Å². The number of benzene rings is 1. The van der Waals surface area contributed by atoms with Crippen molar-refractivity contribution < 1.29 is 9.13 Å². The highest BCUT2D eigenvalue weighted by Crippen LogP contribution is 2.30. The van der Waals surface area contributed by atoms with E-state index in [1.165, 1.54) is 31.4 Å². The van der Waals surface area contributed by atoms with Crippen molar-refractivity contribution in [1.29, 1.82) is 0 Å². The van der Waals surface area contributed by atoms with Crippen LogP contribution in [0, 0.1) is 5.82 Å².